The predicted molar refractivity (Wildman–Crippen MR) is 49.5 cm³/mol. The largest absolute Gasteiger partial charge is 0.292 e. The number of hydrogen-bond donors (Lipinski definition) is 1. The van der Waals surface area contributed by atoms with Crippen molar-refractivity contribution in [2.45, 2.75) is 4.90 Å². The Morgan fingerprint density at radius 2 is 2.09 bits per heavy atom. The first kappa shape index (κ1) is 6.68. The molecule has 1 aliphatic rings. The van der Waals surface area contributed by atoms with E-state index in [9.17, 15) is 4.79 Å². The van der Waals surface area contributed by atoms with Crippen LogP contribution in [0.2, 0.25) is 0 Å². The molecule has 0 aliphatic carbocycles. The molecule has 0 saturated heterocycles. The van der Waals surface area contributed by atoms with Crippen molar-refractivity contribution in [3.8, 4) is 0 Å². The second kappa shape index (κ2) is 2.55. The summed E-state index contributed by atoms with van der Waals surface area (Å²) >= 11 is 0. The maximum atomic E-state index is 10.5. The molecule has 0 bridgehead atoms. The highest BCUT2D eigenvalue weighted by atomic mass is 32.2. The van der Waals surface area contributed by atoms with Crippen molar-refractivity contribution in [3.63, 3.8) is 0 Å². The van der Waals surface area contributed by atoms with Crippen LogP contribution in [0.15, 0.2) is 34.6 Å². The van der Waals surface area contributed by atoms with Crippen LogP contribution in [0.3, 0.4) is 0 Å². The van der Waals surface area contributed by atoms with Crippen LogP contribution >= 0.6 is 10.9 Å². The van der Waals surface area contributed by atoms with Gasteiger partial charge in [-0.15, -0.1) is 10.9 Å². The lowest BCUT2D eigenvalue weighted by molar-refractivity contribution is 0.569. The van der Waals surface area contributed by atoms with Crippen molar-refractivity contribution >= 4 is 22.6 Å². The average molecular weight is 164 g/mol. The summed E-state index contributed by atoms with van der Waals surface area (Å²) in [5.41, 5.74) is 2.24. The first-order chi connectivity index (χ1) is 5.42. The van der Waals surface area contributed by atoms with Crippen molar-refractivity contribution in [1.82, 2.24) is 0 Å². The Morgan fingerprint density at radius 1 is 1.27 bits per heavy atom. The molecule has 0 amide bonds. The third kappa shape index (κ3) is 0.994. The third-order valence-corrected chi connectivity index (χ3v) is 3.40. The number of carbonyl (C=O) groups is 1. The molecular weight excluding hydrogens is 156 g/mol. The lowest BCUT2D eigenvalue weighted by Gasteiger charge is -2.04. The highest BCUT2D eigenvalue weighted by Crippen LogP contribution is 2.43. The van der Waals surface area contributed by atoms with Crippen molar-refractivity contribution in [2.75, 3.05) is 0 Å². The Kier molecular flexibility index (Phi) is 1.55. The molecule has 0 aromatic heterocycles. The van der Waals surface area contributed by atoms with Gasteiger partial charge >= 0.3 is 0 Å². The molecular formula is C9H8OS. The third-order valence-electron chi connectivity index (χ3n) is 1.74. The molecule has 0 spiro atoms. The summed E-state index contributed by atoms with van der Waals surface area (Å²) in [5, 5.41) is 1.99. The highest BCUT2D eigenvalue weighted by Gasteiger charge is 2.10. The van der Waals surface area contributed by atoms with Gasteiger partial charge in [0.05, 0.1) is 0 Å². The van der Waals surface area contributed by atoms with Gasteiger partial charge in [0.25, 0.3) is 0 Å². The molecule has 1 aliphatic heterocycles. The van der Waals surface area contributed by atoms with Gasteiger partial charge in [-0.25, -0.2) is 0 Å². The highest BCUT2D eigenvalue weighted by molar-refractivity contribution is 8.31. The Hall–Kier alpha value is -1.02. The average Bonchev–Trinajstić information content (AvgIpc) is 2.47. The maximum Gasteiger partial charge on any atom is 0.164 e. The van der Waals surface area contributed by atoms with Crippen LogP contribution in [0.25, 0.3) is 6.08 Å². The van der Waals surface area contributed by atoms with Gasteiger partial charge in [0.2, 0.25) is 0 Å². The number of hydrogen-bond acceptors (Lipinski definition) is 1. The van der Waals surface area contributed by atoms with Crippen LogP contribution < -0.4 is 0 Å². The van der Waals surface area contributed by atoms with E-state index < -0.39 is 10.9 Å². The van der Waals surface area contributed by atoms with E-state index in [1.807, 2.05) is 35.7 Å². The molecule has 0 radical (unpaired) electrons. The normalized spacial score (nSPS) is 23.1. The quantitative estimate of drug-likeness (QED) is 0.497. The molecule has 2 rings (SSSR count). The van der Waals surface area contributed by atoms with Crippen molar-refractivity contribution in [2.24, 2.45) is 0 Å². The van der Waals surface area contributed by atoms with Crippen LogP contribution in [-0.4, -0.2) is 5.62 Å². The number of benzene rings is 1. The molecule has 1 heterocycles. The second-order valence-corrected chi connectivity index (χ2v) is 4.19. The lowest BCUT2D eigenvalue weighted by atomic mass is 10.2. The Labute approximate surface area is 68.1 Å². The van der Waals surface area contributed by atoms with E-state index >= 15 is 0 Å². The topological polar surface area (TPSA) is 17.1 Å². The van der Waals surface area contributed by atoms with Gasteiger partial charge < -0.3 is 0 Å². The van der Waals surface area contributed by atoms with Gasteiger partial charge in [0, 0.05) is 4.90 Å². The van der Waals surface area contributed by atoms with Crippen LogP contribution in [-0.2, 0) is 4.79 Å². The SMILES string of the molecule is O=C[SH]1C=Cc2ccccc21. The lowest BCUT2D eigenvalue weighted by Crippen LogP contribution is -1.77. The van der Waals surface area contributed by atoms with E-state index in [1.54, 1.807) is 0 Å². The molecule has 1 atom stereocenters. The van der Waals surface area contributed by atoms with Gasteiger partial charge in [0.15, 0.2) is 5.62 Å². The summed E-state index contributed by atoms with van der Waals surface area (Å²) in [6.45, 7) is 0. The van der Waals surface area contributed by atoms with Gasteiger partial charge in [-0.05, 0) is 23.1 Å². The number of fused-ring (bicyclic) bond motifs is 1. The summed E-state index contributed by atoms with van der Waals surface area (Å²) in [6, 6.07) is 8.03. The summed E-state index contributed by atoms with van der Waals surface area (Å²) in [6.07, 6.45) is 2.02. The standard InChI is InChI=1S/C9H8OS/c10-7-11-6-5-8-3-1-2-4-9(8)11/h1-7,11H. The fraction of sp³-hybridized carbons (Fsp3) is 0. The first-order valence-corrected chi connectivity index (χ1v) is 4.91. The van der Waals surface area contributed by atoms with Gasteiger partial charge in [-0.3, -0.25) is 4.79 Å². The minimum atomic E-state index is -0.620. The minimum Gasteiger partial charge on any atom is -0.292 e. The predicted octanol–water partition coefficient (Wildman–Crippen LogP) is 2.22. The molecule has 2 heteroatoms. The van der Waals surface area contributed by atoms with Gasteiger partial charge in [0.1, 0.15) is 0 Å². The molecule has 0 saturated carbocycles. The number of carbonyl (C=O) groups excluding carboxylic acids is 1. The van der Waals surface area contributed by atoms with E-state index in [4.69, 9.17) is 0 Å². The number of rotatable bonds is 1. The van der Waals surface area contributed by atoms with E-state index in [1.165, 1.54) is 10.5 Å². The fourth-order valence-corrected chi connectivity index (χ4v) is 2.57. The smallest absolute Gasteiger partial charge is 0.164 e. The monoisotopic (exact) mass is 164 g/mol. The Balaban J connectivity index is 2.53. The summed E-state index contributed by atoms with van der Waals surface area (Å²) in [5.74, 6) is 0. The molecule has 1 unspecified atom stereocenters. The molecule has 1 aromatic carbocycles. The van der Waals surface area contributed by atoms with Crippen molar-refractivity contribution in [3.05, 3.63) is 35.2 Å². The Morgan fingerprint density at radius 3 is 2.91 bits per heavy atom. The zero-order valence-corrected chi connectivity index (χ0v) is 6.79. The zero-order valence-electron chi connectivity index (χ0n) is 5.90. The number of thiol groups is 1. The van der Waals surface area contributed by atoms with E-state index in [-0.39, 0.29) is 0 Å². The Bertz CT molecular complexity index is 317. The second-order valence-electron chi connectivity index (χ2n) is 2.39. The van der Waals surface area contributed by atoms with Crippen molar-refractivity contribution in [1.29, 1.82) is 0 Å². The van der Waals surface area contributed by atoms with Crippen LogP contribution in [0.5, 0.6) is 0 Å². The molecule has 0 fully saturated rings. The molecule has 11 heavy (non-hydrogen) atoms. The van der Waals surface area contributed by atoms with Crippen LogP contribution in [0.4, 0.5) is 0 Å². The van der Waals surface area contributed by atoms with Crippen molar-refractivity contribution < 1.29 is 4.79 Å². The van der Waals surface area contributed by atoms with Crippen LogP contribution in [0.1, 0.15) is 5.56 Å². The molecule has 0 N–H and O–H groups in total. The molecule has 1 nitrogen and oxygen atoms in total. The summed E-state index contributed by atoms with van der Waals surface area (Å²) in [7, 11) is -0.620. The fourth-order valence-electron chi connectivity index (χ4n) is 1.20. The summed E-state index contributed by atoms with van der Waals surface area (Å²) < 4.78 is 0. The van der Waals surface area contributed by atoms with Gasteiger partial charge in [-0.1, -0.05) is 18.2 Å². The van der Waals surface area contributed by atoms with E-state index in [0.29, 0.717) is 0 Å². The molecule has 56 valence electrons. The van der Waals surface area contributed by atoms with E-state index in [2.05, 4.69) is 0 Å². The zero-order chi connectivity index (χ0) is 7.68. The minimum absolute atomic E-state index is 0.620. The van der Waals surface area contributed by atoms with Gasteiger partial charge in [-0.2, -0.15) is 0 Å². The maximum absolute atomic E-state index is 10.5. The first-order valence-electron chi connectivity index (χ1n) is 3.43. The van der Waals surface area contributed by atoms with Crippen LogP contribution in [0, 0.1) is 0 Å². The van der Waals surface area contributed by atoms with E-state index in [0.717, 1.165) is 5.62 Å². The molecule has 1 aromatic rings. The summed E-state index contributed by atoms with van der Waals surface area (Å²) in [4.78, 5) is 11.7.